The van der Waals surface area contributed by atoms with Gasteiger partial charge in [-0.25, -0.2) is 4.98 Å². The average Bonchev–Trinajstić information content (AvgIpc) is 3.20. The Kier molecular flexibility index (Phi) is 6.63. The molecule has 1 amide bonds. The van der Waals surface area contributed by atoms with Crippen molar-refractivity contribution in [2.45, 2.75) is 32.2 Å². The molecule has 1 saturated carbocycles. The fourth-order valence-electron chi connectivity index (χ4n) is 4.04. The van der Waals surface area contributed by atoms with Crippen LogP contribution in [0.15, 0.2) is 36.5 Å². The summed E-state index contributed by atoms with van der Waals surface area (Å²) in [6, 6.07) is 10.3. The summed E-state index contributed by atoms with van der Waals surface area (Å²) in [6.45, 7) is 5.55. The normalized spacial score (nSPS) is 21.3. The first-order valence-corrected chi connectivity index (χ1v) is 10.6. The third-order valence-corrected chi connectivity index (χ3v) is 5.55. The second-order valence-corrected chi connectivity index (χ2v) is 7.88. The van der Waals surface area contributed by atoms with E-state index in [0.717, 1.165) is 51.3 Å². The summed E-state index contributed by atoms with van der Waals surface area (Å²) in [5.74, 6) is 1.53. The van der Waals surface area contributed by atoms with E-state index < -0.39 is 0 Å². The zero-order chi connectivity index (χ0) is 20.8. The Bertz CT molecular complexity index is 839. The Morgan fingerprint density at radius 3 is 2.77 bits per heavy atom. The molecule has 1 aromatic heterocycles. The van der Waals surface area contributed by atoms with Crippen molar-refractivity contribution in [2.24, 2.45) is 5.92 Å². The molecule has 2 atom stereocenters. The smallest absolute Gasteiger partial charge is 0.230 e. The number of carbonyl (C=O) groups is 1. The first-order chi connectivity index (χ1) is 14.7. The first-order valence-electron chi connectivity index (χ1n) is 10.6. The SMILES string of the molecule is CC(=O)N[C@H]1CC[C@@H](COc2ccnc(Nc3ccc(N4CCOCC4)cc3)n2)C1. The van der Waals surface area contributed by atoms with Gasteiger partial charge in [0.15, 0.2) is 0 Å². The van der Waals surface area contributed by atoms with E-state index in [1.54, 1.807) is 19.2 Å². The maximum absolute atomic E-state index is 11.2. The second-order valence-electron chi connectivity index (χ2n) is 7.88. The molecule has 0 spiro atoms. The van der Waals surface area contributed by atoms with Crippen LogP contribution in [0.3, 0.4) is 0 Å². The number of amides is 1. The number of rotatable bonds is 7. The van der Waals surface area contributed by atoms with E-state index in [9.17, 15) is 4.79 Å². The summed E-state index contributed by atoms with van der Waals surface area (Å²) in [7, 11) is 0. The van der Waals surface area contributed by atoms with Gasteiger partial charge in [0.2, 0.25) is 17.7 Å². The van der Waals surface area contributed by atoms with Crippen LogP contribution in [0.25, 0.3) is 0 Å². The molecule has 30 heavy (non-hydrogen) atoms. The van der Waals surface area contributed by atoms with Crippen molar-refractivity contribution in [1.29, 1.82) is 0 Å². The van der Waals surface area contributed by atoms with Crippen molar-refractivity contribution < 1.29 is 14.3 Å². The lowest BCUT2D eigenvalue weighted by Crippen LogP contribution is -2.36. The van der Waals surface area contributed by atoms with Gasteiger partial charge in [-0.05, 0) is 49.4 Å². The second kappa shape index (κ2) is 9.75. The molecule has 0 radical (unpaired) electrons. The molecular formula is C22H29N5O3. The molecule has 8 nitrogen and oxygen atoms in total. The molecule has 1 aliphatic heterocycles. The molecule has 4 rings (SSSR count). The van der Waals surface area contributed by atoms with E-state index >= 15 is 0 Å². The fourth-order valence-corrected chi connectivity index (χ4v) is 4.04. The summed E-state index contributed by atoms with van der Waals surface area (Å²) in [4.78, 5) is 22.3. The lowest BCUT2D eigenvalue weighted by Gasteiger charge is -2.28. The molecule has 8 heteroatoms. The van der Waals surface area contributed by atoms with Gasteiger partial charge in [0.05, 0.1) is 19.8 Å². The minimum atomic E-state index is 0.0334. The van der Waals surface area contributed by atoms with Crippen molar-refractivity contribution in [3.05, 3.63) is 36.5 Å². The van der Waals surface area contributed by atoms with Crippen molar-refractivity contribution in [3.63, 3.8) is 0 Å². The highest BCUT2D eigenvalue weighted by molar-refractivity contribution is 5.73. The highest BCUT2D eigenvalue weighted by Gasteiger charge is 2.25. The van der Waals surface area contributed by atoms with E-state index in [1.807, 2.05) is 12.1 Å². The first kappa shape index (κ1) is 20.4. The third kappa shape index (κ3) is 5.60. The Hall–Kier alpha value is -2.87. The minimum absolute atomic E-state index is 0.0334. The van der Waals surface area contributed by atoms with Crippen LogP contribution in [0.4, 0.5) is 17.3 Å². The number of ether oxygens (including phenoxy) is 2. The number of nitrogens with one attached hydrogen (secondary N) is 2. The Balaban J connectivity index is 1.28. The van der Waals surface area contributed by atoms with Gasteiger partial charge < -0.3 is 25.0 Å². The number of carbonyl (C=O) groups excluding carboxylic acids is 1. The predicted molar refractivity (Wildman–Crippen MR) is 115 cm³/mol. The zero-order valence-corrected chi connectivity index (χ0v) is 17.3. The summed E-state index contributed by atoms with van der Waals surface area (Å²) in [5, 5.41) is 6.23. The summed E-state index contributed by atoms with van der Waals surface area (Å²) in [6.07, 6.45) is 4.70. The molecule has 2 aromatic rings. The van der Waals surface area contributed by atoms with Crippen LogP contribution in [0.5, 0.6) is 5.88 Å². The maximum atomic E-state index is 11.2. The van der Waals surface area contributed by atoms with E-state index in [-0.39, 0.29) is 11.9 Å². The van der Waals surface area contributed by atoms with E-state index in [2.05, 4.69) is 37.6 Å². The number of aromatic nitrogens is 2. The fraction of sp³-hybridized carbons (Fsp3) is 0.500. The van der Waals surface area contributed by atoms with Crippen LogP contribution >= 0.6 is 0 Å². The quantitative estimate of drug-likeness (QED) is 0.724. The summed E-state index contributed by atoms with van der Waals surface area (Å²) >= 11 is 0. The topological polar surface area (TPSA) is 88.6 Å². The predicted octanol–water partition coefficient (Wildman–Crippen LogP) is 2.74. The number of hydrogen-bond acceptors (Lipinski definition) is 7. The largest absolute Gasteiger partial charge is 0.477 e. The number of hydrogen-bond donors (Lipinski definition) is 2. The van der Waals surface area contributed by atoms with Crippen LogP contribution in [0, 0.1) is 5.92 Å². The number of anilines is 3. The monoisotopic (exact) mass is 411 g/mol. The Morgan fingerprint density at radius 2 is 2.00 bits per heavy atom. The van der Waals surface area contributed by atoms with Crippen LogP contribution in [0.1, 0.15) is 26.2 Å². The van der Waals surface area contributed by atoms with Crippen molar-refractivity contribution in [2.75, 3.05) is 43.1 Å². The summed E-state index contributed by atoms with van der Waals surface area (Å²) < 4.78 is 11.3. The van der Waals surface area contributed by atoms with Gasteiger partial charge in [-0.1, -0.05) is 0 Å². The van der Waals surface area contributed by atoms with Crippen LogP contribution in [-0.4, -0.2) is 54.8 Å². The van der Waals surface area contributed by atoms with Crippen molar-refractivity contribution in [3.8, 4) is 5.88 Å². The third-order valence-electron chi connectivity index (χ3n) is 5.55. The molecule has 160 valence electrons. The van der Waals surface area contributed by atoms with Crippen molar-refractivity contribution >= 4 is 23.2 Å². The van der Waals surface area contributed by atoms with Crippen LogP contribution in [-0.2, 0) is 9.53 Å². The highest BCUT2D eigenvalue weighted by atomic mass is 16.5. The molecule has 0 bridgehead atoms. The van der Waals surface area contributed by atoms with Gasteiger partial charge in [0, 0.05) is 49.7 Å². The zero-order valence-electron chi connectivity index (χ0n) is 17.3. The Morgan fingerprint density at radius 1 is 1.20 bits per heavy atom. The van der Waals surface area contributed by atoms with E-state index in [4.69, 9.17) is 9.47 Å². The molecular weight excluding hydrogens is 382 g/mol. The number of benzene rings is 1. The average molecular weight is 412 g/mol. The molecule has 2 fully saturated rings. The molecule has 1 aliphatic carbocycles. The highest BCUT2D eigenvalue weighted by Crippen LogP contribution is 2.26. The van der Waals surface area contributed by atoms with Gasteiger partial charge in [0.1, 0.15) is 0 Å². The molecule has 0 unspecified atom stereocenters. The lowest BCUT2D eigenvalue weighted by molar-refractivity contribution is -0.119. The number of morpholine rings is 1. The van der Waals surface area contributed by atoms with Crippen molar-refractivity contribution in [1.82, 2.24) is 15.3 Å². The lowest BCUT2D eigenvalue weighted by atomic mass is 10.1. The van der Waals surface area contributed by atoms with Gasteiger partial charge in [-0.3, -0.25) is 4.79 Å². The minimum Gasteiger partial charge on any atom is -0.477 e. The van der Waals surface area contributed by atoms with Gasteiger partial charge in [-0.2, -0.15) is 4.98 Å². The Labute approximate surface area is 177 Å². The van der Waals surface area contributed by atoms with Crippen LogP contribution < -0.4 is 20.3 Å². The van der Waals surface area contributed by atoms with E-state index in [0.29, 0.717) is 24.4 Å². The van der Waals surface area contributed by atoms with Gasteiger partial charge in [-0.15, -0.1) is 0 Å². The molecule has 1 saturated heterocycles. The summed E-state index contributed by atoms with van der Waals surface area (Å²) in [5.41, 5.74) is 2.12. The number of nitrogens with zero attached hydrogens (tertiary/aromatic N) is 3. The van der Waals surface area contributed by atoms with E-state index in [1.165, 1.54) is 5.69 Å². The molecule has 2 heterocycles. The molecule has 1 aromatic carbocycles. The van der Waals surface area contributed by atoms with Gasteiger partial charge >= 0.3 is 0 Å². The van der Waals surface area contributed by atoms with Gasteiger partial charge in [0.25, 0.3) is 0 Å². The molecule has 2 aliphatic rings. The maximum Gasteiger partial charge on any atom is 0.230 e. The molecule has 2 N–H and O–H groups in total. The standard InChI is InChI=1S/C22H29N5O3/c1-16(28)24-19-3-2-17(14-19)15-30-21-8-9-23-22(26-21)25-18-4-6-20(7-5-18)27-10-12-29-13-11-27/h4-9,17,19H,2-3,10-15H2,1H3,(H,24,28)(H,23,25,26)/t17-,19+/m1/s1. The van der Waals surface area contributed by atoms with Crippen LogP contribution in [0.2, 0.25) is 0 Å².